The number of anilines is 1. The van der Waals surface area contributed by atoms with E-state index in [1.54, 1.807) is 42.5 Å². The van der Waals surface area contributed by atoms with Gasteiger partial charge in [-0.2, -0.15) is 0 Å². The number of aromatic hydroxyl groups is 2. The Kier molecular flexibility index (Phi) is 5.23. The zero-order valence-electron chi connectivity index (χ0n) is 14.7. The SMILES string of the molecule is COC(=O)c1ccccc1N(Sc1ccc2cc(O)c(O)cc2c1)C(C)=O. The number of rotatable bonds is 4. The van der Waals surface area contributed by atoms with Crippen molar-refractivity contribution in [3.8, 4) is 11.5 Å². The maximum atomic E-state index is 12.3. The van der Waals surface area contributed by atoms with Gasteiger partial charge in [-0.3, -0.25) is 4.79 Å². The number of para-hydroxylation sites is 1. The molecule has 1 amide bonds. The second-order valence-electron chi connectivity index (χ2n) is 5.76. The predicted molar refractivity (Wildman–Crippen MR) is 104 cm³/mol. The van der Waals surface area contributed by atoms with E-state index in [9.17, 15) is 19.8 Å². The summed E-state index contributed by atoms with van der Waals surface area (Å²) in [4.78, 5) is 25.0. The van der Waals surface area contributed by atoms with E-state index in [1.165, 1.54) is 30.5 Å². The number of nitrogens with zero attached hydrogens (tertiary/aromatic N) is 1. The number of carbonyl (C=O) groups is 2. The molecule has 0 atom stereocenters. The summed E-state index contributed by atoms with van der Waals surface area (Å²) in [6, 6.07) is 15.0. The smallest absolute Gasteiger partial charge is 0.340 e. The molecule has 7 heteroatoms. The summed E-state index contributed by atoms with van der Waals surface area (Å²) in [5.41, 5.74) is 0.710. The molecule has 0 aliphatic heterocycles. The van der Waals surface area contributed by atoms with Crippen LogP contribution in [0, 0.1) is 0 Å². The molecule has 0 aromatic heterocycles. The number of hydrogen-bond donors (Lipinski definition) is 2. The van der Waals surface area contributed by atoms with Crippen LogP contribution >= 0.6 is 11.9 Å². The summed E-state index contributed by atoms with van der Waals surface area (Å²) >= 11 is 1.15. The van der Waals surface area contributed by atoms with Crippen LogP contribution in [0.3, 0.4) is 0 Å². The normalized spacial score (nSPS) is 10.6. The molecule has 0 unspecified atom stereocenters. The second-order valence-corrected chi connectivity index (χ2v) is 6.78. The van der Waals surface area contributed by atoms with Gasteiger partial charge in [0, 0.05) is 11.8 Å². The molecule has 0 spiro atoms. The topological polar surface area (TPSA) is 87.1 Å². The molecule has 0 fully saturated rings. The number of carbonyl (C=O) groups excluding carboxylic acids is 2. The number of esters is 1. The van der Waals surface area contributed by atoms with Gasteiger partial charge >= 0.3 is 5.97 Å². The highest BCUT2D eigenvalue weighted by molar-refractivity contribution is 8.01. The number of hydrogen-bond acceptors (Lipinski definition) is 6. The molecule has 3 aromatic rings. The first-order valence-corrected chi connectivity index (χ1v) is 8.80. The number of amides is 1. The van der Waals surface area contributed by atoms with Gasteiger partial charge < -0.3 is 14.9 Å². The molecule has 0 radical (unpaired) electrons. The molecular weight excluding hydrogens is 366 g/mol. The van der Waals surface area contributed by atoms with E-state index >= 15 is 0 Å². The van der Waals surface area contributed by atoms with E-state index in [0.29, 0.717) is 11.1 Å². The first-order valence-electron chi connectivity index (χ1n) is 8.02. The number of phenols is 2. The van der Waals surface area contributed by atoms with Gasteiger partial charge in [-0.15, -0.1) is 0 Å². The number of fused-ring (bicyclic) bond motifs is 1. The summed E-state index contributed by atoms with van der Waals surface area (Å²) < 4.78 is 6.21. The molecule has 0 aliphatic rings. The minimum Gasteiger partial charge on any atom is -0.504 e. The lowest BCUT2D eigenvalue weighted by Gasteiger charge is -2.22. The number of methoxy groups -OCH3 is 1. The lowest BCUT2D eigenvalue weighted by Crippen LogP contribution is -2.22. The van der Waals surface area contributed by atoms with Crippen LogP contribution < -0.4 is 4.31 Å². The fourth-order valence-electron chi connectivity index (χ4n) is 2.63. The Balaban J connectivity index is 2.01. The monoisotopic (exact) mass is 383 g/mol. The number of phenolic OH excluding ortho intramolecular Hbond substituents is 2. The maximum absolute atomic E-state index is 12.3. The highest BCUT2D eigenvalue weighted by atomic mass is 32.2. The summed E-state index contributed by atoms with van der Waals surface area (Å²) in [6.07, 6.45) is 0. The van der Waals surface area contributed by atoms with E-state index in [1.807, 2.05) is 0 Å². The Morgan fingerprint density at radius 3 is 2.30 bits per heavy atom. The van der Waals surface area contributed by atoms with Crippen molar-refractivity contribution in [1.29, 1.82) is 0 Å². The highest BCUT2D eigenvalue weighted by Gasteiger charge is 2.21. The fraction of sp³-hybridized carbons (Fsp3) is 0.100. The van der Waals surface area contributed by atoms with Gasteiger partial charge in [0.2, 0.25) is 5.91 Å². The van der Waals surface area contributed by atoms with Gasteiger partial charge in [-0.05, 0) is 59.1 Å². The van der Waals surface area contributed by atoms with Crippen LogP contribution in [-0.2, 0) is 9.53 Å². The maximum Gasteiger partial charge on any atom is 0.340 e. The molecule has 0 saturated carbocycles. The van der Waals surface area contributed by atoms with Crippen LogP contribution in [-0.4, -0.2) is 29.2 Å². The lowest BCUT2D eigenvalue weighted by molar-refractivity contribution is -0.115. The third-order valence-electron chi connectivity index (χ3n) is 3.92. The first-order chi connectivity index (χ1) is 12.9. The van der Waals surface area contributed by atoms with Crippen LogP contribution in [0.25, 0.3) is 10.8 Å². The Morgan fingerprint density at radius 2 is 1.63 bits per heavy atom. The summed E-state index contributed by atoms with van der Waals surface area (Å²) in [5.74, 6) is -1.20. The molecule has 2 N–H and O–H groups in total. The standard InChI is InChI=1S/C20H17NO5S/c1-12(22)21(17-6-4-3-5-16(17)20(25)26-2)27-15-8-7-13-10-18(23)19(24)11-14(13)9-15/h3-11,23-24H,1-2H3. The molecule has 0 bridgehead atoms. The zero-order chi connectivity index (χ0) is 19.6. The van der Waals surface area contributed by atoms with Gasteiger partial charge in [0.15, 0.2) is 11.5 Å². The van der Waals surface area contributed by atoms with E-state index in [2.05, 4.69) is 0 Å². The molecule has 27 heavy (non-hydrogen) atoms. The molecule has 0 heterocycles. The van der Waals surface area contributed by atoms with Crippen LogP contribution in [0.1, 0.15) is 17.3 Å². The van der Waals surface area contributed by atoms with E-state index in [0.717, 1.165) is 22.2 Å². The van der Waals surface area contributed by atoms with Crippen molar-refractivity contribution >= 4 is 40.3 Å². The van der Waals surface area contributed by atoms with Crippen molar-refractivity contribution in [2.24, 2.45) is 0 Å². The molecule has 138 valence electrons. The Labute approximate surface area is 160 Å². The number of benzene rings is 3. The predicted octanol–water partition coefficient (Wildman–Crippen LogP) is 4.10. The van der Waals surface area contributed by atoms with Gasteiger partial charge in [0.25, 0.3) is 0 Å². The zero-order valence-corrected chi connectivity index (χ0v) is 15.5. The summed E-state index contributed by atoms with van der Waals surface area (Å²) in [5, 5.41) is 20.8. The molecule has 3 aromatic carbocycles. The fourth-order valence-corrected chi connectivity index (χ4v) is 3.54. The number of ether oxygens (including phenoxy) is 1. The van der Waals surface area contributed by atoms with Crippen molar-refractivity contribution in [2.75, 3.05) is 11.4 Å². The van der Waals surface area contributed by atoms with Crippen molar-refractivity contribution in [1.82, 2.24) is 0 Å². The van der Waals surface area contributed by atoms with Crippen molar-refractivity contribution in [2.45, 2.75) is 11.8 Å². The average molecular weight is 383 g/mol. The Morgan fingerprint density at radius 1 is 0.963 bits per heavy atom. The quantitative estimate of drug-likeness (QED) is 0.401. The van der Waals surface area contributed by atoms with Crippen LogP contribution in [0.4, 0.5) is 5.69 Å². The van der Waals surface area contributed by atoms with E-state index < -0.39 is 5.97 Å². The molecule has 0 saturated heterocycles. The van der Waals surface area contributed by atoms with Crippen molar-refractivity contribution < 1.29 is 24.5 Å². The van der Waals surface area contributed by atoms with Crippen LogP contribution in [0.2, 0.25) is 0 Å². The lowest BCUT2D eigenvalue weighted by atomic mass is 10.1. The van der Waals surface area contributed by atoms with E-state index in [-0.39, 0.29) is 23.0 Å². The summed E-state index contributed by atoms with van der Waals surface area (Å²) in [7, 11) is 1.29. The highest BCUT2D eigenvalue weighted by Crippen LogP contribution is 2.36. The van der Waals surface area contributed by atoms with Crippen molar-refractivity contribution in [3.63, 3.8) is 0 Å². The van der Waals surface area contributed by atoms with Gasteiger partial charge in [0.1, 0.15) is 0 Å². The largest absolute Gasteiger partial charge is 0.504 e. The minimum atomic E-state index is -0.531. The molecule has 6 nitrogen and oxygen atoms in total. The first kappa shape index (κ1) is 18.6. The third kappa shape index (κ3) is 3.83. The average Bonchev–Trinajstić information content (AvgIpc) is 2.66. The van der Waals surface area contributed by atoms with Gasteiger partial charge in [-0.1, -0.05) is 18.2 Å². The van der Waals surface area contributed by atoms with Crippen LogP contribution in [0.15, 0.2) is 59.5 Å². The van der Waals surface area contributed by atoms with Crippen molar-refractivity contribution in [3.05, 3.63) is 60.2 Å². The second kappa shape index (κ2) is 7.59. The van der Waals surface area contributed by atoms with Gasteiger partial charge in [0.05, 0.1) is 18.4 Å². The molecular formula is C20H17NO5S. The summed E-state index contributed by atoms with van der Waals surface area (Å²) in [6.45, 7) is 1.41. The van der Waals surface area contributed by atoms with Gasteiger partial charge in [-0.25, -0.2) is 9.10 Å². The third-order valence-corrected chi connectivity index (χ3v) is 5.02. The Bertz CT molecular complexity index is 1030. The minimum absolute atomic E-state index is 0.194. The molecule has 0 aliphatic carbocycles. The van der Waals surface area contributed by atoms with Crippen LogP contribution in [0.5, 0.6) is 11.5 Å². The molecule has 3 rings (SSSR count). The Hall–Kier alpha value is -3.19. The van der Waals surface area contributed by atoms with E-state index in [4.69, 9.17) is 4.74 Å².